The van der Waals surface area contributed by atoms with Crippen molar-refractivity contribution in [3.8, 4) is 0 Å². The van der Waals surface area contributed by atoms with Gasteiger partial charge in [0.15, 0.2) is 0 Å². The van der Waals surface area contributed by atoms with Crippen LogP contribution in [0.4, 0.5) is 11.4 Å². The monoisotopic (exact) mass is 341 g/mol. The van der Waals surface area contributed by atoms with Gasteiger partial charge in [0.1, 0.15) is 0 Å². The van der Waals surface area contributed by atoms with E-state index in [0.717, 1.165) is 33.9 Å². The molecule has 3 rings (SSSR count). The van der Waals surface area contributed by atoms with Gasteiger partial charge in [0.05, 0.1) is 35.2 Å². The summed E-state index contributed by atoms with van der Waals surface area (Å²) in [5, 5.41) is 0. The minimum atomic E-state index is 0.816. The molecule has 3 aromatic rings. The molecule has 3 heteroatoms. The maximum atomic E-state index is 4.61. The molecule has 0 aliphatic carbocycles. The van der Waals surface area contributed by atoms with Gasteiger partial charge in [-0.25, -0.2) is 4.98 Å². The molecule has 0 bridgehead atoms. The Bertz CT molecular complexity index is 908. The molecule has 0 amide bonds. The van der Waals surface area contributed by atoms with Gasteiger partial charge in [0.25, 0.3) is 0 Å². The summed E-state index contributed by atoms with van der Waals surface area (Å²) in [6, 6.07) is 18.4. The lowest BCUT2D eigenvalue weighted by Gasteiger charge is -2.02. The van der Waals surface area contributed by atoms with E-state index < -0.39 is 0 Å². The minimum Gasteiger partial charge on any atom is -0.254 e. The Morgan fingerprint density at radius 3 is 1.58 bits per heavy atom. The van der Waals surface area contributed by atoms with Crippen LogP contribution in [-0.2, 0) is 0 Å². The van der Waals surface area contributed by atoms with Crippen LogP contribution in [0, 0.1) is 27.7 Å². The Morgan fingerprint density at radius 1 is 0.654 bits per heavy atom. The quantitative estimate of drug-likeness (QED) is 0.551. The van der Waals surface area contributed by atoms with Gasteiger partial charge in [-0.15, -0.1) is 0 Å². The van der Waals surface area contributed by atoms with Crippen LogP contribution in [0.25, 0.3) is 0 Å². The zero-order valence-corrected chi connectivity index (χ0v) is 15.7. The second-order valence-corrected chi connectivity index (χ2v) is 6.58. The third-order valence-electron chi connectivity index (χ3n) is 4.19. The first-order chi connectivity index (χ1) is 12.5. The Morgan fingerprint density at radius 2 is 1.12 bits per heavy atom. The fourth-order valence-corrected chi connectivity index (χ4v) is 2.60. The first kappa shape index (κ1) is 17.7. The van der Waals surface area contributed by atoms with Gasteiger partial charge in [-0.3, -0.25) is 9.98 Å². The number of rotatable bonds is 4. The summed E-state index contributed by atoms with van der Waals surface area (Å²) in [4.78, 5) is 13.8. The van der Waals surface area contributed by atoms with E-state index in [0.29, 0.717) is 0 Å². The maximum Gasteiger partial charge on any atom is 0.0820 e. The van der Waals surface area contributed by atoms with E-state index in [9.17, 15) is 0 Å². The van der Waals surface area contributed by atoms with E-state index in [4.69, 9.17) is 0 Å². The van der Waals surface area contributed by atoms with Gasteiger partial charge in [-0.1, -0.05) is 30.3 Å². The lowest BCUT2D eigenvalue weighted by atomic mass is 10.1. The number of hydrogen-bond acceptors (Lipinski definition) is 3. The van der Waals surface area contributed by atoms with Crippen molar-refractivity contribution in [3.63, 3.8) is 0 Å². The van der Waals surface area contributed by atoms with Crippen LogP contribution in [-0.4, -0.2) is 17.4 Å². The Hall–Kier alpha value is -3.07. The molecule has 0 radical (unpaired) electrons. The predicted molar refractivity (Wildman–Crippen MR) is 111 cm³/mol. The van der Waals surface area contributed by atoms with E-state index >= 15 is 0 Å². The summed E-state index contributed by atoms with van der Waals surface area (Å²) in [5.74, 6) is 0. The normalized spacial score (nSPS) is 11.5. The first-order valence-corrected chi connectivity index (χ1v) is 8.71. The van der Waals surface area contributed by atoms with E-state index in [2.05, 4.69) is 79.1 Å². The van der Waals surface area contributed by atoms with Crippen molar-refractivity contribution in [3.05, 3.63) is 88.2 Å². The fourth-order valence-electron chi connectivity index (χ4n) is 2.60. The second kappa shape index (κ2) is 7.87. The molecule has 0 spiro atoms. The van der Waals surface area contributed by atoms with Gasteiger partial charge in [0, 0.05) is 0 Å². The van der Waals surface area contributed by atoms with Crippen molar-refractivity contribution in [1.29, 1.82) is 0 Å². The fraction of sp³-hybridized carbons (Fsp3) is 0.174. The van der Waals surface area contributed by atoms with Crippen molar-refractivity contribution in [1.82, 2.24) is 4.98 Å². The highest BCUT2D eigenvalue weighted by Crippen LogP contribution is 2.20. The topological polar surface area (TPSA) is 37.6 Å². The first-order valence-electron chi connectivity index (χ1n) is 8.71. The van der Waals surface area contributed by atoms with Crippen molar-refractivity contribution in [2.24, 2.45) is 9.98 Å². The van der Waals surface area contributed by atoms with Crippen LogP contribution in [0.5, 0.6) is 0 Å². The Balaban J connectivity index is 1.82. The van der Waals surface area contributed by atoms with Crippen LogP contribution in [0.15, 0.2) is 64.6 Å². The molecule has 0 unspecified atom stereocenters. The lowest BCUT2D eigenvalue weighted by Crippen LogP contribution is -1.93. The van der Waals surface area contributed by atoms with Crippen LogP contribution >= 0.6 is 0 Å². The number of benzene rings is 2. The van der Waals surface area contributed by atoms with Crippen LogP contribution in [0.3, 0.4) is 0 Å². The number of aryl methyl sites for hydroxylation is 4. The molecule has 130 valence electrons. The molecule has 0 atom stereocenters. The maximum absolute atomic E-state index is 4.61. The third-order valence-corrected chi connectivity index (χ3v) is 4.19. The number of pyridine rings is 1. The summed E-state index contributed by atoms with van der Waals surface area (Å²) in [7, 11) is 0. The number of aromatic nitrogens is 1. The molecular formula is C23H23N3. The minimum absolute atomic E-state index is 0.816. The van der Waals surface area contributed by atoms with Gasteiger partial charge >= 0.3 is 0 Å². The second-order valence-electron chi connectivity index (χ2n) is 6.58. The molecule has 3 nitrogen and oxygen atoms in total. The SMILES string of the molecule is Cc1ccc(C)c(N=Cc2cccc(C=Nc3cc(C)ccc3C)n2)c1. The van der Waals surface area contributed by atoms with E-state index in [1.54, 1.807) is 12.4 Å². The molecule has 0 N–H and O–H groups in total. The number of hydrogen-bond donors (Lipinski definition) is 0. The average molecular weight is 341 g/mol. The van der Waals surface area contributed by atoms with Crippen molar-refractivity contribution < 1.29 is 0 Å². The zero-order chi connectivity index (χ0) is 18.5. The molecule has 0 fully saturated rings. The van der Waals surface area contributed by atoms with E-state index in [1.807, 2.05) is 18.2 Å². The van der Waals surface area contributed by atoms with E-state index in [-0.39, 0.29) is 0 Å². The molecule has 0 aliphatic heterocycles. The average Bonchev–Trinajstić information content (AvgIpc) is 2.63. The van der Waals surface area contributed by atoms with Crippen molar-refractivity contribution in [2.75, 3.05) is 0 Å². The van der Waals surface area contributed by atoms with Crippen molar-refractivity contribution >= 4 is 23.8 Å². The molecule has 0 saturated heterocycles. The highest BCUT2D eigenvalue weighted by atomic mass is 14.8. The Kier molecular flexibility index (Phi) is 5.37. The third kappa shape index (κ3) is 4.51. The highest BCUT2D eigenvalue weighted by Gasteiger charge is 1.99. The van der Waals surface area contributed by atoms with Gasteiger partial charge in [-0.05, 0) is 74.2 Å². The molecule has 1 aromatic heterocycles. The molecule has 0 aliphatic rings. The summed E-state index contributed by atoms with van der Waals surface area (Å²) >= 11 is 0. The largest absolute Gasteiger partial charge is 0.254 e. The summed E-state index contributed by atoms with van der Waals surface area (Å²) in [6.07, 6.45) is 3.61. The summed E-state index contributed by atoms with van der Waals surface area (Å²) < 4.78 is 0. The van der Waals surface area contributed by atoms with Gasteiger partial charge in [0.2, 0.25) is 0 Å². The van der Waals surface area contributed by atoms with Crippen LogP contribution < -0.4 is 0 Å². The predicted octanol–water partition coefficient (Wildman–Crippen LogP) is 5.82. The summed E-state index contributed by atoms with van der Waals surface area (Å²) in [6.45, 7) is 8.27. The molecule has 26 heavy (non-hydrogen) atoms. The van der Waals surface area contributed by atoms with Crippen LogP contribution in [0.2, 0.25) is 0 Å². The number of aliphatic imine (C=N–C) groups is 2. The standard InChI is InChI=1S/C23H23N3/c1-16-8-10-18(3)22(12-16)24-14-20-6-5-7-21(26-20)15-25-23-13-17(2)9-11-19(23)4/h5-15H,1-4H3. The number of nitrogens with zero attached hydrogens (tertiary/aromatic N) is 3. The molecule has 0 saturated carbocycles. The van der Waals surface area contributed by atoms with Crippen molar-refractivity contribution in [2.45, 2.75) is 27.7 Å². The smallest absolute Gasteiger partial charge is 0.0820 e. The molecular weight excluding hydrogens is 318 g/mol. The zero-order valence-electron chi connectivity index (χ0n) is 15.7. The summed E-state index contributed by atoms with van der Waals surface area (Å²) in [5.41, 5.74) is 8.28. The lowest BCUT2D eigenvalue weighted by molar-refractivity contribution is 1.27. The highest BCUT2D eigenvalue weighted by molar-refractivity contribution is 5.84. The van der Waals surface area contributed by atoms with Gasteiger partial charge in [-0.2, -0.15) is 0 Å². The Labute approximate surface area is 155 Å². The molecule has 1 heterocycles. The van der Waals surface area contributed by atoms with Crippen LogP contribution in [0.1, 0.15) is 33.6 Å². The van der Waals surface area contributed by atoms with Gasteiger partial charge < -0.3 is 0 Å². The van der Waals surface area contributed by atoms with E-state index in [1.165, 1.54) is 11.1 Å². The molecule has 2 aromatic carbocycles.